The lowest BCUT2D eigenvalue weighted by atomic mass is 9.97. The fourth-order valence-electron chi connectivity index (χ4n) is 3.19. The molecule has 20 heavy (non-hydrogen) atoms. The van der Waals surface area contributed by atoms with Crippen molar-refractivity contribution in [2.24, 2.45) is 23.5 Å². The summed E-state index contributed by atoms with van der Waals surface area (Å²) in [5.41, 5.74) is 7.47. The van der Waals surface area contributed by atoms with Crippen molar-refractivity contribution >= 4 is 5.91 Å². The number of rotatable bonds is 7. The molecule has 1 aromatic rings. The van der Waals surface area contributed by atoms with Crippen LogP contribution in [0.5, 0.6) is 0 Å². The molecule has 0 atom stereocenters. The van der Waals surface area contributed by atoms with E-state index >= 15 is 0 Å². The summed E-state index contributed by atoms with van der Waals surface area (Å²) in [5, 5.41) is 3.16. The normalized spacial score (nSPS) is 18.3. The van der Waals surface area contributed by atoms with Crippen molar-refractivity contribution in [3.63, 3.8) is 0 Å². The van der Waals surface area contributed by atoms with Crippen molar-refractivity contribution < 1.29 is 4.79 Å². The largest absolute Gasteiger partial charge is 0.352 e. The van der Waals surface area contributed by atoms with Gasteiger partial charge in [0.05, 0.1) is 0 Å². The van der Waals surface area contributed by atoms with E-state index in [0.29, 0.717) is 6.54 Å². The van der Waals surface area contributed by atoms with Crippen LogP contribution in [0.4, 0.5) is 0 Å². The van der Waals surface area contributed by atoms with Gasteiger partial charge in [-0.2, -0.15) is 0 Å². The molecule has 0 heterocycles. The molecule has 1 amide bonds. The van der Waals surface area contributed by atoms with E-state index in [1.165, 1.54) is 25.7 Å². The minimum absolute atomic E-state index is 0.0698. The Balaban J connectivity index is 1.60. The van der Waals surface area contributed by atoms with Crippen molar-refractivity contribution in [2.75, 3.05) is 13.1 Å². The van der Waals surface area contributed by atoms with E-state index in [9.17, 15) is 4.79 Å². The second-order valence-electron chi connectivity index (χ2n) is 6.24. The number of hydrogen-bond acceptors (Lipinski definition) is 2. The molecule has 0 saturated heterocycles. The lowest BCUT2D eigenvalue weighted by Crippen LogP contribution is -2.31. The van der Waals surface area contributed by atoms with Crippen LogP contribution in [-0.2, 0) is 6.42 Å². The van der Waals surface area contributed by atoms with E-state index in [2.05, 4.69) is 5.32 Å². The summed E-state index contributed by atoms with van der Waals surface area (Å²) in [4.78, 5) is 12.4. The molecule has 1 aromatic carbocycles. The quantitative estimate of drug-likeness (QED) is 0.800. The number of amides is 1. The highest BCUT2D eigenvalue weighted by atomic mass is 16.1. The summed E-state index contributed by atoms with van der Waals surface area (Å²) in [5.74, 6) is 2.55. The van der Waals surface area contributed by atoms with Crippen LogP contribution >= 0.6 is 0 Å². The van der Waals surface area contributed by atoms with E-state index in [-0.39, 0.29) is 5.91 Å². The lowest BCUT2D eigenvalue weighted by molar-refractivity contribution is 0.0942. The van der Waals surface area contributed by atoms with Gasteiger partial charge >= 0.3 is 0 Å². The van der Waals surface area contributed by atoms with Crippen LogP contribution in [0, 0.1) is 17.8 Å². The minimum atomic E-state index is 0.0698. The van der Waals surface area contributed by atoms with Crippen molar-refractivity contribution in [1.29, 1.82) is 0 Å². The highest BCUT2D eigenvalue weighted by Crippen LogP contribution is 2.48. The maximum atomic E-state index is 12.4. The first-order valence-corrected chi connectivity index (χ1v) is 7.85. The Morgan fingerprint density at radius 2 is 1.85 bits per heavy atom. The minimum Gasteiger partial charge on any atom is -0.352 e. The molecule has 2 fully saturated rings. The summed E-state index contributed by atoms with van der Waals surface area (Å²) < 4.78 is 0. The van der Waals surface area contributed by atoms with E-state index in [1.54, 1.807) is 0 Å². The van der Waals surface area contributed by atoms with Crippen LogP contribution in [0.2, 0.25) is 0 Å². The third kappa shape index (κ3) is 3.21. The fraction of sp³-hybridized carbons (Fsp3) is 0.588. The van der Waals surface area contributed by atoms with E-state index in [1.807, 2.05) is 24.3 Å². The highest BCUT2D eigenvalue weighted by Gasteiger charge is 2.41. The number of carbonyl (C=O) groups is 1. The summed E-state index contributed by atoms with van der Waals surface area (Å²) in [6, 6.07) is 7.80. The van der Waals surface area contributed by atoms with Crippen LogP contribution in [0.25, 0.3) is 0 Å². The Labute approximate surface area is 120 Å². The predicted octanol–water partition coefficient (Wildman–Crippen LogP) is 2.35. The summed E-state index contributed by atoms with van der Waals surface area (Å²) in [6.45, 7) is 1.43. The molecule has 0 spiro atoms. The van der Waals surface area contributed by atoms with Gasteiger partial charge in [0.1, 0.15) is 0 Å². The monoisotopic (exact) mass is 272 g/mol. The van der Waals surface area contributed by atoms with Gasteiger partial charge in [-0.05, 0) is 68.0 Å². The van der Waals surface area contributed by atoms with Gasteiger partial charge in [0.25, 0.3) is 5.91 Å². The molecule has 3 N–H and O–H groups in total. The second-order valence-corrected chi connectivity index (χ2v) is 6.24. The molecule has 0 radical (unpaired) electrons. The molecule has 2 aliphatic rings. The van der Waals surface area contributed by atoms with Crippen molar-refractivity contribution in [3.05, 3.63) is 35.4 Å². The molecule has 0 aliphatic heterocycles. The average molecular weight is 272 g/mol. The van der Waals surface area contributed by atoms with Crippen molar-refractivity contribution in [1.82, 2.24) is 5.32 Å². The molecule has 0 unspecified atom stereocenters. The number of nitrogens with one attached hydrogen (secondary N) is 1. The van der Waals surface area contributed by atoms with E-state index < -0.39 is 0 Å². The molecule has 0 aromatic heterocycles. The second kappa shape index (κ2) is 5.96. The zero-order valence-electron chi connectivity index (χ0n) is 12.0. The third-order valence-electron chi connectivity index (χ3n) is 4.63. The summed E-state index contributed by atoms with van der Waals surface area (Å²) in [6.07, 6.45) is 6.21. The first kappa shape index (κ1) is 13.6. The Kier molecular flexibility index (Phi) is 4.06. The summed E-state index contributed by atoms with van der Waals surface area (Å²) in [7, 11) is 0. The zero-order chi connectivity index (χ0) is 13.9. The molecule has 0 bridgehead atoms. The van der Waals surface area contributed by atoms with Gasteiger partial charge in [0.15, 0.2) is 0 Å². The smallest absolute Gasteiger partial charge is 0.251 e. The van der Waals surface area contributed by atoms with Gasteiger partial charge in [0.2, 0.25) is 0 Å². The average Bonchev–Trinajstić information content (AvgIpc) is 3.33. The first-order chi connectivity index (χ1) is 9.79. The predicted molar refractivity (Wildman–Crippen MR) is 80.5 cm³/mol. The maximum Gasteiger partial charge on any atom is 0.251 e. The molecular weight excluding hydrogens is 248 g/mol. The first-order valence-electron chi connectivity index (χ1n) is 7.85. The SMILES string of the molecule is NCCc1ccccc1C(=O)NCC(C1CC1)C1CC1. The molecule has 3 nitrogen and oxygen atoms in total. The van der Waals surface area contributed by atoms with Crippen molar-refractivity contribution in [2.45, 2.75) is 32.1 Å². The Hall–Kier alpha value is -1.35. The highest BCUT2D eigenvalue weighted by molar-refractivity contribution is 5.95. The van der Waals surface area contributed by atoms with Gasteiger partial charge in [0, 0.05) is 12.1 Å². The van der Waals surface area contributed by atoms with E-state index in [4.69, 9.17) is 5.73 Å². The summed E-state index contributed by atoms with van der Waals surface area (Å²) >= 11 is 0. The maximum absolute atomic E-state index is 12.4. The number of benzene rings is 1. The van der Waals surface area contributed by atoms with Gasteiger partial charge < -0.3 is 11.1 Å². The zero-order valence-corrected chi connectivity index (χ0v) is 12.0. The van der Waals surface area contributed by atoms with E-state index in [0.717, 1.165) is 41.8 Å². The van der Waals surface area contributed by atoms with Crippen LogP contribution in [-0.4, -0.2) is 19.0 Å². The van der Waals surface area contributed by atoms with Gasteiger partial charge in [-0.1, -0.05) is 18.2 Å². The van der Waals surface area contributed by atoms with Crippen LogP contribution in [0.3, 0.4) is 0 Å². The van der Waals surface area contributed by atoms with Crippen molar-refractivity contribution in [3.8, 4) is 0 Å². The van der Waals surface area contributed by atoms with Gasteiger partial charge in [-0.15, -0.1) is 0 Å². The third-order valence-corrected chi connectivity index (χ3v) is 4.63. The molecule has 108 valence electrons. The number of carbonyl (C=O) groups excluding carboxylic acids is 1. The Morgan fingerprint density at radius 1 is 1.20 bits per heavy atom. The van der Waals surface area contributed by atoms with Crippen LogP contribution < -0.4 is 11.1 Å². The molecular formula is C17H24N2O. The van der Waals surface area contributed by atoms with Crippen LogP contribution in [0.15, 0.2) is 24.3 Å². The topological polar surface area (TPSA) is 55.1 Å². The van der Waals surface area contributed by atoms with Gasteiger partial charge in [-0.3, -0.25) is 4.79 Å². The molecule has 3 heteroatoms. The Morgan fingerprint density at radius 3 is 2.45 bits per heavy atom. The molecule has 2 saturated carbocycles. The van der Waals surface area contributed by atoms with Gasteiger partial charge in [-0.25, -0.2) is 0 Å². The standard InChI is InChI=1S/C17H24N2O/c18-10-9-12-3-1-2-4-15(12)17(20)19-11-16(13-5-6-13)14-7-8-14/h1-4,13-14,16H,5-11,18H2,(H,19,20). The number of hydrogen-bond donors (Lipinski definition) is 2. The Bertz CT molecular complexity index is 466. The fourth-order valence-corrected chi connectivity index (χ4v) is 3.19. The molecule has 2 aliphatic carbocycles. The molecule has 3 rings (SSSR count). The van der Waals surface area contributed by atoms with Crippen LogP contribution in [0.1, 0.15) is 41.6 Å². The lowest BCUT2D eigenvalue weighted by Gasteiger charge is -2.17. The number of nitrogens with two attached hydrogens (primary N) is 1.